The molecular weight excluding hydrogens is 481 g/mol. The molecule has 0 atom stereocenters. The van der Waals surface area contributed by atoms with E-state index in [0.717, 1.165) is 18.5 Å². The molecule has 1 saturated carbocycles. The van der Waals surface area contributed by atoms with Crippen LogP contribution in [0.15, 0.2) is 54.6 Å². The predicted molar refractivity (Wildman–Crippen MR) is 132 cm³/mol. The summed E-state index contributed by atoms with van der Waals surface area (Å²) in [5.74, 6) is -0.784. The van der Waals surface area contributed by atoms with Gasteiger partial charge in [0.2, 0.25) is 5.95 Å². The fourth-order valence-corrected chi connectivity index (χ4v) is 4.14. The van der Waals surface area contributed by atoms with E-state index in [4.69, 9.17) is 5.73 Å². The van der Waals surface area contributed by atoms with Crippen molar-refractivity contribution >= 4 is 11.9 Å². The number of benzene rings is 1. The third-order valence-electron chi connectivity index (χ3n) is 6.00. The normalized spacial score (nSPS) is 13.1. The highest BCUT2D eigenvalue weighted by Gasteiger charge is 2.26. The molecule has 3 N–H and O–H groups in total. The molecule has 1 aliphatic rings. The topological polar surface area (TPSA) is 107 Å². The summed E-state index contributed by atoms with van der Waals surface area (Å²) >= 11 is 0. The number of amides is 1. The summed E-state index contributed by atoms with van der Waals surface area (Å²) < 4.78 is 40.8. The summed E-state index contributed by atoms with van der Waals surface area (Å²) in [6.07, 6.45) is -0.626. The van der Waals surface area contributed by atoms with Crippen molar-refractivity contribution in [3.63, 3.8) is 0 Å². The summed E-state index contributed by atoms with van der Waals surface area (Å²) in [6, 6.07) is 13.8. The van der Waals surface area contributed by atoms with Crippen LogP contribution in [0.1, 0.15) is 58.4 Å². The first-order chi connectivity index (χ1) is 17.8. The predicted octanol–water partition coefficient (Wildman–Crippen LogP) is 5.38. The molecule has 0 aliphatic heterocycles. The molecule has 10 heteroatoms. The largest absolute Gasteiger partial charge is 0.368 e. The summed E-state index contributed by atoms with van der Waals surface area (Å²) in [7, 11) is 0. The number of aryl methyl sites for hydroxylation is 1. The number of hydrogen-bond donors (Lipinski definition) is 2. The molecule has 3 aromatic heterocycles. The van der Waals surface area contributed by atoms with E-state index < -0.39 is 23.8 Å². The quantitative estimate of drug-likeness (QED) is 0.350. The van der Waals surface area contributed by atoms with Crippen LogP contribution in [0.4, 0.5) is 19.1 Å². The summed E-state index contributed by atoms with van der Waals surface area (Å²) in [5.41, 5.74) is 8.50. The zero-order valence-electron chi connectivity index (χ0n) is 19.9. The molecule has 1 aromatic carbocycles. The maximum atomic E-state index is 13.6. The van der Waals surface area contributed by atoms with E-state index >= 15 is 0 Å². The Balaban J connectivity index is 1.59. The number of aromatic nitrogens is 4. The van der Waals surface area contributed by atoms with Gasteiger partial charge in [0.15, 0.2) is 0 Å². The van der Waals surface area contributed by atoms with Gasteiger partial charge in [-0.05, 0) is 73.9 Å². The number of pyridine rings is 2. The number of nitrogens with two attached hydrogens (primary N) is 1. The number of hydrogen-bond acceptors (Lipinski definition) is 6. The summed E-state index contributed by atoms with van der Waals surface area (Å²) in [6.45, 7) is 1.70. The van der Waals surface area contributed by atoms with Gasteiger partial charge in [-0.15, -0.1) is 0 Å². The van der Waals surface area contributed by atoms with Gasteiger partial charge in [0.05, 0.1) is 17.9 Å². The van der Waals surface area contributed by atoms with E-state index in [1.165, 1.54) is 30.3 Å². The number of nitrogens with zero attached hydrogens (tertiary/aromatic N) is 4. The van der Waals surface area contributed by atoms with Gasteiger partial charge in [-0.3, -0.25) is 14.8 Å². The van der Waals surface area contributed by atoms with Gasteiger partial charge in [0.25, 0.3) is 12.3 Å². The molecule has 1 amide bonds. The van der Waals surface area contributed by atoms with Crippen molar-refractivity contribution in [2.45, 2.75) is 38.7 Å². The number of anilines is 1. The van der Waals surface area contributed by atoms with Crippen molar-refractivity contribution in [2.75, 3.05) is 5.73 Å². The van der Waals surface area contributed by atoms with E-state index in [1.54, 1.807) is 13.0 Å². The van der Waals surface area contributed by atoms with Crippen molar-refractivity contribution in [3.8, 4) is 22.4 Å². The molecule has 4 aromatic rings. The van der Waals surface area contributed by atoms with Crippen molar-refractivity contribution in [3.05, 3.63) is 88.9 Å². The highest BCUT2D eigenvalue weighted by atomic mass is 19.3. The van der Waals surface area contributed by atoms with Crippen LogP contribution in [0.25, 0.3) is 22.4 Å². The second kappa shape index (κ2) is 9.96. The molecule has 5 rings (SSSR count). The fourth-order valence-electron chi connectivity index (χ4n) is 4.14. The molecular formula is C27H23F3N6O. The summed E-state index contributed by atoms with van der Waals surface area (Å²) in [4.78, 5) is 30.4. The van der Waals surface area contributed by atoms with Crippen LogP contribution >= 0.6 is 0 Å². The second-order valence-electron chi connectivity index (χ2n) is 8.89. The molecule has 37 heavy (non-hydrogen) atoms. The number of carbonyl (C=O) groups is 1. The molecule has 0 bridgehead atoms. The zero-order chi connectivity index (χ0) is 26.1. The number of rotatable bonds is 7. The SMILES string of the molecule is Cc1cc(-c2c(C(=O)NCc3cccc(C4CC4)n3)nc(N)nc2-c2ccc(F)cc2)cc(C(F)F)n1. The molecule has 0 radical (unpaired) electrons. The molecule has 1 fully saturated rings. The smallest absolute Gasteiger partial charge is 0.280 e. The van der Waals surface area contributed by atoms with Crippen LogP contribution < -0.4 is 11.1 Å². The average molecular weight is 505 g/mol. The average Bonchev–Trinajstić information content (AvgIpc) is 3.73. The van der Waals surface area contributed by atoms with E-state index in [9.17, 15) is 18.0 Å². The monoisotopic (exact) mass is 504 g/mol. The van der Waals surface area contributed by atoms with Crippen LogP contribution in [0, 0.1) is 12.7 Å². The van der Waals surface area contributed by atoms with Gasteiger partial charge in [-0.2, -0.15) is 0 Å². The highest BCUT2D eigenvalue weighted by Crippen LogP contribution is 2.39. The molecule has 1 aliphatic carbocycles. The van der Waals surface area contributed by atoms with Gasteiger partial charge in [0, 0.05) is 28.4 Å². The van der Waals surface area contributed by atoms with Crippen LogP contribution in [0.3, 0.4) is 0 Å². The number of halogens is 3. The Labute approximate surface area is 211 Å². The first kappa shape index (κ1) is 24.4. The van der Waals surface area contributed by atoms with Gasteiger partial charge in [-0.25, -0.2) is 23.1 Å². The van der Waals surface area contributed by atoms with E-state index in [2.05, 4.69) is 25.3 Å². The van der Waals surface area contributed by atoms with E-state index in [1.807, 2.05) is 18.2 Å². The first-order valence-corrected chi connectivity index (χ1v) is 11.7. The molecule has 0 saturated heterocycles. The van der Waals surface area contributed by atoms with E-state index in [-0.39, 0.29) is 35.0 Å². The lowest BCUT2D eigenvalue weighted by atomic mass is 9.96. The minimum absolute atomic E-state index is 0.101. The Bertz CT molecular complexity index is 1470. The maximum absolute atomic E-state index is 13.6. The molecule has 3 heterocycles. The van der Waals surface area contributed by atoms with Crippen LogP contribution in [0.5, 0.6) is 0 Å². The number of nitrogens with one attached hydrogen (secondary N) is 1. The third kappa shape index (κ3) is 5.42. The lowest BCUT2D eigenvalue weighted by Crippen LogP contribution is -2.26. The Kier molecular flexibility index (Phi) is 6.56. The van der Waals surface area contributed by atoms with Crippen LogP contribution in [-0.4, -0.2) is 25.8 Å². The molecule has 0 spiro atoms. The standard InChI is InChI=1S/C27H23F3N6O/c1-14-11-17(12-21(33-14)25(29)30)22-23(16-7-9-18(28)10-8-16)35-27(31)36-24(22)26(37)32-13-19-3-2-4-20(34-19)15-5-6-15/h2-4,7-12,15,25H,5-6,13H2,1H3,(H,32,37)(H2,31,35,36). The van der Waals surface area contributed by atoms with Crippen molar-refractivity contribution in [2.24, 2.45) is 0 Å². The first-order valence-electron chi connectivity index (χ1n) is 11.7. The molecule has 7 nitrogen and oxygen atoms in total. The Hall–Kier alpha value is -4.34. The minimum Gasteiger partial charge on any atom is -0.368 e. The number of carbonyl (C=O) groups excluding carboxylic acids is 1. The maximum Gasteiger partial charge on any atom is 0.280 e. The highest BCUT2D eigenvalue weighted by molar-refractivity contribution is 6.02. The lowest BCUT2D eigenvalue weighted by molar-refractivity contribution is 0.0946. The van der Waals surface area contributed by atoms with Gasteiger partial charge in [0.1, 0.15) is 17.2 Å². The number of alkyl halides is 2. The fraction of sp³-hybridized carbons (Fsp3) is 0.222. The third-order valence-corrected chi connectivity index (χ3v) is 6.00. The Morgan fingerprint density at radius 2 is 1.78 bits per heavy atom. The van der Waals surface area contributed by atoms with Crippen LogP contribution in [0.2, 0.25) is 0 Å². The zero-order valence-corrected chi connectivity index (χ0v) is 19.9. The van der Waals surface area contributed by atoms with Gasteiger partial charge < -0.3 is 11.1 Å². The number of nitrogen functional groups attached to an aromatic ring is 1. The van der Waals surface area contributed by atoms with Crippen LogP contribution in [-0.2, 0) is 6.54 Å². The molecule has 188 valence electrons. The van der Waals surface area contributed by atoms with Gasteiger partial charge >= 0.3 is 0 Å². The summed E-state index contributed by atoms with van der Waals surface area (Å²) in [5, 5.41) is 2.81. The van der Waals surface area contributed by atoms with Crippen molar-refractivity contribution in [1.29, 1.82) is 0 Å². The lowest BCUT2D eigenvalue weighted by Gasteiger charge is -2.16. The second-order valence-corrected chi connectivity index (χ2v) is 8.89. The van der Waals surface area contributed by atoms with Crippen molar-refractivity contribution < 1.29 is 18.0 Å². The Morgan fingerprint density at radius 3 is 2.49 bits per heavy atom. The van der Waals surface area contributed by atoms with Crippen molar-refractivity contribution in [1.82, 2.24) is 25.3 Å². The Morgan fingerprint density at radius 1 is 1.03 bits per heavy atom. The van der Waals surface area contributed by atoms with E-state index in [0.29, 0.717) is 22.9 Å². The minimum atomic E-state index is -2.83. The van der Waals surface area contributed by atoms with Gasteiger partial charge in [-0.1, -0.05) is 6.07 Å². The molecule has 0 unspecified atom stereocenters.